The molecule has 1 unspecified atom stereocenters. The zero-order valence-electron chi connectivity index (χ0n) is 10.5. The van der Waals surface area contributed by atoms with Gasteiger partial charge in [0, 0.05) is 12.1 Å². The molecule has 0 spiro atoms. The molecule has 1 aromatic carbocycles. The van der Waals surface area contributed by atoms with Crippen LogP contribution in [-0.2, 0) is 4.79 Å². The van der Waals surface area contributed by atoms with Crippen LogP contribution < -0.4 is 5.32 Å². The van der Waals surface area contributed by atoms with Crippen molar-refractivity contribution in [1.29, 1.82) is 0 Å². The lowest BCUT2D eigenvalue weighted by Crippen LogP contribution is -2.42. The molecule has 0 bridgehead atoms. The van der Waals surface area contributed by atoms with Crippen LogP contribution in [0.1, 0.15) is 23.2 Å². The van der Waals surface area contributed by atoms with E-state index in [2.05, 4.69) is 5.32 Å². The fourth-order valence-corrected chi connectivity index (χ4v) is 1.88. The van der Waals surface area contributed by atoms with E-state index in [0.29, 0.717) is 18.9 Å². The van der Waals surface area contributed by atoms with Gasteiger partial charge in [0.25, 0.3) is 5.91 Å². The van der Waals surface area contributed by atoms with E-state index in [1.54, 1.807) is 0 Å². The van der Waals surface area contributed by atoms with Gasteiger partial charge >= 0.3 is 11.7 Å². The van der Waals surface area contributed by atoms with Crippen LogP contribution >= 0.6 is 0 Å². The summed E-state index contributed by atoms with van der Waals surface area (Å²) in [6.07, 6.45) is 1.23. The number of nitrogens with one attached hydrogen (secondary N) is 1. The van der Waals surface area contributed by atoms with E-state index in [0.717, 1.165) is 0 Å². The SMILES string of the molecule is O=C(NC(C(=O)O)C1CC1)c1cc([N+](=O)[O-])c(F)cc1F. The molecular formula is C12H10F2N2O5. The number of carbonyl (C=O) groups excluding carboxylic acids is 1. The van der Waals surface area contributed by atoms with Gasteiger partial charge in [0.1, 0.15) is 11.9 Å². The predicted molar refractivity (Wildman–Crippen MR) is 64.6 cm³/mol. The van der Waals surface area contributed by atoms with Crippen molar-refractivity contribution in [3.05, 3.63) is 39.4 Å². The molecule has 0 aliphatic heterocycles. The maximum Gasteiger partial charge on any atom is 0.326 e. The maximum absolute atomic E-state index is 13.5. The molecule has 7 nitrogen and oxygen atoms in total. The Labute approximate surface area is 116 Å². The van der Waals surface area contributed by atoms with Crippen molar-refractivity contribution >= 4 is 17.6 Å². The number of carboxylic acids is 1. The van der Waals surface area contributed by atoms with Gasteiger partial charge in [0.2, 0.25) is 5.82 Å². The molecule has 0 aromatic heterocycles. The van der Waals surface area contributed by atoms with E-state index in [9.17, 15) is 28.5 Å². The van der Waals surface area contributed by atoms with Crippen molar-refractivity contribution in [3.8, 4) is 0 Å². The second kappa shape index (κ2) is 5.43. The Morgan fingerprint density at radius 3 is 2.43 bits per heavy atom. The van der Waals surface area contributed by atoms with E-state index in [4.69, 9.17) is 5.11 Å². The van der Waals surface area contributed by atoms with E-state index < -0.39 is 45.7 Å². The highest BCUT2D eigenvalue weighted by molar-refractivity contribution is 5.97. The van der Waals surface area contributed by atoms with Gasteiger partial charge in [-0.15, -0.1) is 0 Å². The quantitative estimate of drug-likeness (QED) is 0.632. The Bertz CT molecular complexity index is 630. The first kappa shape index (κ1) is 14.8. The maximum atomic E-state index is 13.5. The van der Waals surface area contributed by atoms with Crippen LogP contribution in [0.15, 0.2) is 12.1 Å². The van der Waals surface area contributed by atoms with E-state index in [1.807, 2.05) is 0 Å². The number of nitrogens with zero attached hydrogens (tertiary/aromatic N) is 1. The number of nitro benzene ring substituents is 1. The molecule has 1 aromatic rings. The lowest BCUT2D eigenvalue weighted by Gasteiger charge is -2.13. The predicted octanol–water partition coefficient (Wildman–Crippen LogP) is 1.47. The molecule has 112 valence electrons. The molecule has 1 aliphatic carbocycles. The third-order valence-corrected chi connectivity index (χ3v) is 3.12. The van der Waals surface area contributed by atoms with Crippen LogP contribution in [0, 0.1) is 27.7 Å². The zero-order chi connectivity index (χ0) is 15.7. The summed E-state index contributed by atoms with van der Waals surface area (Å²) in [5, 5.41) is 21.6. The number of hydrogen-bond donors (Lipinski definition) is 2. The van der Waals surface area contributed by atoms with Gasteiger partial charge in [0.05, 0.1) is 10.5 Å². The molecule has 1 aliphatic rings. The Kier molecular flexibility index (Phi) is 3.83. The number of nitro groups is 1. The number of carbonyl (C=O) groups is 2. The molecule has 1 atom stereocenters. The minimum atomic E-state index is -1.41. The second-order valence-electron chi connectivity index (χ2n) is 4.67. The van der Waals surface area contributed by atoms with Crippen LogP contribution in [0.25, 0.3) is 0 Å². The standard InChI is InChI=1S/C12H10F2N2O5/c13-7-4-8(14)9(16(20)21)3-6(7)11(17)15-10(12(18)19)5-1-2-5/h3-5,10H,1-2H2,(H,15,17)(H,18,19). The van der Waals surface area contributed by atoms with Gasteiger partial charge in [-0.05, 0) is 18.8 Å². The Morgan fingerprint density at radius 2 is 1.95 bits per heavy atom. The third-order valence-electron chi connectivity index (χ3n) is 3.12. The number of carboxylic acid groups (broad SMARTS) is 1. The summed E-state index contributed by atoms with van der Waals surface area (Å²) >= 11 is 0. The van der Waals surface area contributed by atoms with Crippen LogP contribution in [0.3, 0.4) is 0 Å². The highest BCUT2D eigenvalue weighted by atomic mass is 19.1. The number of halogens is 2. The van der Waals surface area contributed by atoms with E-state index in [-0.39, 0.29) is 12.0 Å². The lowest BCUT2D eigenvalue weighted by molar-refractivity contribution is -0.387. The molecule has 0 saturated heterocycles. The number of hydrogen-bond acceptors (Lipinski definition) is 4. The van der Waals surface area contributed by atoms with E-state index >= 15 is 0 Å². The highest BCUT2D eigenvalue weighted by Gasteiger charge is 2.38. The molecule has 2 N–H and O–H groups in total. The monoisotopic (exact) mass is 300 g/mol. The zero-order valence-corrected chi connectivity index (χ0v) is 10.5. The number of amides is 1. The summed E-state index contributed by atoms with van der Waals surface area (Å²) < 4.78 is 26.7. The van der Waals surface area contributed by atoms with Gasteiger partial charge in [-0.1, -0.05) is 0 Å². The van der Waals surface area contributed by atoms with Crippen molar-refractivity contribution in [2.45, 2.75) is 18.9 Å². The molecule has 21 heavy (non-hydrogen) atoms. The second-order valence-corrected chi connectivity index (χ2v) is 4.67. The number of rotatable bonds is 5. The number of aliphatic carboxylic acids is 1. The van der Waals surface area contributed by atoms with Crippen LogP contribution in [0.2, 0.25) is 0 Å². The molecular weight excluding hydrogens is 290 g/mol. The van der Waals surface area contributed by atoms with Gasteiger partial charge in [-0.25, -0.2) is 9.18 Å². The lowest BCUT2D eigenvalue weighted by atomic mass is 10.1. The Balaban J connectivity index is 2.28. The topological polar surface area (TPSA) is 110 Å². The molecule has 0 radical (unpaired) electrons. The largest absolute Gasteiger partial charge is 0.480 e. The fraction of sp³-hybridized carbons (Fsp3) is 0.333. The summed E-state index contributed by atoms with van der Waals surface area (Å²) in [7, 11) is 0. The summed E-state index contributed by atoms with van der Waals surface area (Å²) in [6.45, 7) is 0. The Morgan fingerprint density at radius 1 is 1.33 bits per heavy atom. The number of benzene rings is 1. The molecule has 1 amide bonds. The molecule has 9 heteroatoms. The van der Waals surface area contributed by atoms with Gasteiger partial charge in [-0.3, -0.25) is 14.9 Å². The fourth-order valence-electron chi connectivity index (χ4n) is 1.88. The van der Waals surface area contributed by atoms with Crippen LogP contribution in [0.4, 0.5) is 14.5 Å². The van der Waals surface area contributed by atoms with Crippen molar-refractivity contribution in [2.75, 3.05) is 0 Å². The molecule has 2 rings (SSSR count). The average molecular weight is 300 g/mol. The first-order valence-corrected chi connectivity index (χ1v) is 5.98. The molecule has 1 saturated carbocycles. The first-order valence-electron chi connectivity index (χ1n) is 5.98. The molecule has 0 heterocycles. The normalized spacial score (nSPS) is 15.3. The van der Waals surface area contributed by atoms with Crippen molar-refractivity contribution in [2.24, 2.45) is 5.92 Å². The Hall–Kier alpha value is -2.58. The van der Waals surface area contributed by atoms with Crippen molar-refractivity contribution < 1.29 is 28.4 Å². The van der Waals surface area contributed by atoms with Crippen molar-refractivity contribution in [3.63, 3.8) is 0 Å². The smallest absolute Gasteiger partial charge is 0.326 e. The van der Waals surface area contributed by atoms with Gasteiger partial charge in [-0.2, -0.15) is 4.39 Å². The summed E-state index contributed by atoms with van der Waals surface area (Å²) in [5.41, 5.74) is -1.82. The summed E-state index contributed by atoms with van der Waals surface area (Å²) in [6, 6.07) is -0.521. The average Bonchev–Trinajstić information content (AvgIpc) is 3.18. The van der Waals surface area contributed by atoms with Crippen LogP contribution in [0.5, 0.6) is 0 Å². The van der Waals surface area contributed by atoms with Gasteiger partial charge < -0.3 is 10.4 Å². The molecule has 1 fully saturated rings. The highest BCUT2D eigenvalue weighted by Crippen LogP contribution is 2.33. The third kappa shape index (κ3) is 3.12. The summed E-state index contributed by atoms with van der Waals surface area (Å²) in [4.78, 5) is 32.3. The van der Waals surface area contributed by atoms with Crippen LogP contribution in [-0.4, -0.2) is 27.9 Å². The minimum Gasteiger partial charge on any atom is -0.480 e. The summed E-state index contributed by atoms with van der Waals surface area (Å²) in [5.74, 6) is -5.36. The van der Waals surface area contributed by atoms with E-state index in [1.165, 1.54) is 0 Å². The van der Waals surface area contributed by atoms with Crippen molar-refractivity contribution in [1.82, 2.24) is 5.32 Å². The first-order chi connectivity index (χ1) is 9.81. The minimum absolute atomic E-state index is 0.222. The van der Waals surface area contributed by atoms with Gasteiger partial charge in [0.15, 0.2) is 0 Å².